The standard InChI is InChI=1S/C28H37F2NO4.2C23H35F2NO4.C22H25F2NO4.2C2H6/c1-7-8-9-19(2)23(32)15-14-22-18-28(29,30)25(35)31(22)27(5,6)17-16-26(3,4)21-12-10-20(11-13-21)24(33)34;2*1-5-6-11-17(2)19(27)14-13-18-16-23(24,25)21(30)26(18)22(3,4)15-10-8-7-9-12-20(28)29;1-3-4-5-15(2)19(26)11-10-18-14-22(23,24)21(29)25(18)13-12-16-6-8-17(9-7-16)20(27)28;2*1-2/h10-15,19,22-23,32H,9,16-18H2,1-6H3,(H,33,34);2*13-14,17-19,27H,7-12,15-16H2,1-4H3,(H,28,29);6-11,15,18-19,26H,5,12-14H2,1-2H3,(H,27,28);2*1-2H3/b15-14+;2*14-13+;11-10+;;/t19-,22-,23+;2*17-,18-,19+;15-,18-,19+;;/m0000../s1. The monoisotopic (exact) mass is 1810 g/mol. The van der Waals surface area contributed by atoms with E-state index in [0.717, 1.165) is 41.7 Å². The van der Waals surface area contributed by atoms with Crippen molar-refractivity contribution >= 4 is 47.5 Å². The summed E-state index contributed by atoms with van der Waals surface area (Å²) in [5.74, 6) is -0.184. The molecule has 0 radical (unpaired) electrons. The highest BCUT2D eigenvalue weighted by Crippen LogP contribution is 2.45. The SMILES string of the molecule is CC.CC.CC#CC[C@H](C)[C@H](O)/C=C/[C@H]1CC(F)(F)C(=O)N1C(C)(C)CCC(C)(C)c1ccc(C(=O)O)cc1.CC#CC[C@H](C)[C@H](O)/C=C/[C@H]1CC(F)(F)C(=O)N1C(C)(C)CCCCCCC(=O)O.CC#CC[C@H](C)[C@H](O)/C=C/[C@H]1CC(F)(F)C(=O)N1C(C)(C)CCCCCCC(=O)O.CC#CC[C@H](C)[C@H](O)/C=C/[C@H]1CC(F)(F)C(=O)N1CCc1ccc(C(=O)O)cc1. The second-order valence-corrected chi connectivity index (χ2v) is 35.4. The summed E-state index contributed by atoms with van der Waals surface area (Å²) in [6.45, 7) is 36.9. The lowest BCUT2D eigenvalue weighted by molar-refractivity contribution is -0.153. The highest BCUT2D eigenvalue weighted by atomic mass is 19.3. The molecule has 4 aliphatic rings. The van der Waals surface area contributed by atoms with Gasteiger partial charge in [0.25, 0.3) is 23.6 Å². The van der Waals surface area contributed by atoms with Gasteiger partial charge in [0.1, 0.15) is 0 Å². The molecule has 2 aromatic rings. The number of amides is 4. The number of likely N-dealkylation sites (tertiary alicyclic amines) is 4. The van der Waals surface area contributed by atoms with Gasteiger partial charge in [0.15, 0.2) is 0 Å². The van der Waals surface area contributed by atoms with Crippen molar-refractivity contribution < 1.29 is 114 Å². The van der Waals surface area contributed by atoms with Crippen LogP contribution in [0.2, 0.25) is 0 Å². The lowest BCUT2D eigenvalue weighted by atomic mass is 9.77. The first-order valence-corrected chi connectivity index (χ1v) is 44.6. The van der Waals surface area contributed by atoms with E-state index < -0.39 is 162 Å². The number of aromatic carboxylic acids is 2. The maximum atomic E-state index is 14.5. The van der Waals surface area contributed by atoms with Gasteiger partial charge in [-0.3, -0.25) is 28.8 Å². The number of carbonyl (C=O) groups excluding carboxylic acids is 4. The molecule has 0 saturated carbocycles. The van der Waals surface area contributed by atoms with Crippen LogP contribution in [0.3, 0.4) is 0 Å². The zero-order valence-corrected chi connectivity index (χ0v) is 78.8. The summed E-state index contributed by atoms with van der Waals surface area (Å²) < 4.78 is 114. The summed E-state index contributed by atoms with van der Waals surface area (Å²) in [6.07, 6.45) is 16.5. The summed E-state index contributed by atoms with van der Waals surface area (Å²) in [5, 5.41) is 76.5. The number of benzene rings is 2. The van der Waals surface area contributed by atoms with Gasteiger partial charge in [0, 0.05) is 87.4 Å². The highest BCUT2D eigenvalue weighted by molar-refractivity contribution is 5.90. The molecule has 128 heavy (non-hydrogen) atoms. The molecule has 4 heterocycles. The molecule has 716 valence electrons. The van der Waals surface area contributed by atoms with E-state index in [4.69, 9.17) is 20.4 Å². The van der Waals surface area contributed by atoms with Gasteiger partial charge in [-0.15, -0.1) is 47.4 Å². The molecule has 0 aliphatic carbocycles. The number of rotatable bonds is 42. The minimum absolute atomic E-state index is 0.0722. The van der Waals surface area contributed by atoms with Gasteiger partial charge in [0.05, 0.1) is 59.7 Å². The van der Waals surface area contributed by atoms with Crippen LogP contribution in [0.1, 0.15) is 312 Å². The van der Waals surface area contributed by atoms with Gasteiger partial charge >= 0.3 is 47.6 Å². The molecule has 28 heteroatoms. The van der Waals surface area contributed by atoms with Gasteiger partial charge in [-0.25, -0.2) is 9.59 Å². The third-order valence-electron chi connectivity index (χ3n) is 23.2. The Labute approximate surface area is 755 Å². The van der Waals surface area contributed by atoms with Crippen LogP contribution in [-0.4, -0.2) is 203 Å². The Bertz CT molecular complexity index is 4130. The second-order valence-electron chi connectivity index (χ2n) is 35.4. The molecule has 8 N–H and O–H groups in total. The molecule has 2 aromatic carbocycles. The lowest BCUT2D eigenvalue weighted by Gasteiger charge is -2.41. The molecule has 4 saturated heterocycles. The summed E-state index contributed by atoms with van der Waals surface area (Å²) in [7, 11) is 0. The van der Waals surface area contributed by atoms with Crippen molar-refractivity contribution in [2.75, 3.05) is 6.54 Å². The van der Waals surface area contributed by atoms with Crippen LogP contribution in [0.15, 0.2) is 97.1 Å². The fraction of sp³-hybridized carbons (Fsp3) is 0.640. The number of aliphatic carboxylic acids is 2. The first kappa shape index (κ1) is 117. The molecule has 0 aromatic heterocycles. The van der Waals surface area contributed by atoms with Gasteiger partial charge < -0.3 is 60.5 Å². The third kappa shape index (κ3) is 38.0. The molecule has 4 fully saturated rings. The van der Waals surface area contributed by atoms with Crippen molar-refractivity contribution in [1.29, 1.82) is 0 Å². The molecule has 0 bridgehead atoms. The van der Waals surface area contributed by atoms with Crippen LogP contribution >= 0.6 is 0 Å². The number of nitrogens with zero attached hydrogens (tertiary/aromatic N) is 4. The van der Waals surface area contributed by atoms with E-state index in [2.05, 4.69) is 47.4 Å². The quantitative estimate of drug-likeness (QED) is 0.0133. The van der Waals surface area contributed by atoms with E-state index in [1.54, 1.807) is 106 Å². The molecule has 0 spiro atoms. The summed E-state index contributed by atoms with van der Waals surface area (Å²) >= 11 is 0. The number of aliphatic hydroxyl groups is 4. The van der Waals surface area contributed by atoms with E-state index >= 15 is 0 Å². The number of hydrogen-bond donors (Lipinski definition) is 8. The number of carboxylic acid groups (broad SMARTS) is 4. The van der Waals surface area contributed by atoms with E-state index in [1.165, 1.54) is 75.4 Å². The van der Waals surface area contributed by atoms with Crippen LogP contribution in [0, 0.1) is 71.0 Å². The topological polar surface area (TPSA) is 311 Å². The predicted octanol–water partition coefficient (Wildman–Crippen LogP) is 19.4. The van der Waals surface area contributed by atoms with Crippen molar-refractivity contribution in [1.82, 2.24) is 19.6 Å². The van der Waals surface area contributed by atoms with Crippen molar-refractivity contribution in [3.8, 4) is 47.4 Å². The highest BCUT2D eigenvalue weighted by Gasteiger charge is 2.59. The number of unbranched alkanes of at least 4 members (excludes halogenated alkanes) is 6. The van der Waals surface area contributed by atoms with Crippen LogP contribution in [0.5, 0.6) is 0 Å². The summed E-state index contributed by atoms with van der Waals surface area (Å²) in [5.41, 5.74) is -0.776. The zero-order chi connectivity index (χ0) is 98.1. The van der Waals surface area contributed by atoms with Crippen LogP contribution < -0.4 is 0 Å². The van der Waals surface area contributed by atoms with E-state index in [0.29, 0.717) is 83.5 Å². The number of alkyl halides is 8. The number of carbonyl (C=O) groups is 8. The summed E-state index contributed by atoms with van der Waals surface area (Å²) in [4.78, 5) is 97.7. The van der Waals surface area contributed by atoms with Crippen molar-refractivity contribution in [3.05, 3.63) is 119 Å². The first-order chi connectivity index (χ1) is 59.6. The Hall–Kier alpha value is -9.32. The fourth-order valence-electron chi connectivity index (χ4n) is 15.1. The fourth-order valence-corrected chi connectivity index (χ4v) is 15.1. The third-order valence-corrected chi connectivity index (χ3v) is 23.2. The maximum Gasteiger partial charge on any atom is 0.335 e. The minimum Gasteiger partial charge on any atom is -0.481 e. The Morgan fingerprint density at radius 1 is 0.398 bits per heavy atom. The molecule has 0 unspecified atom stereocenters. The largest absolute Gasteiger partial charge is 0.481 e. The molecule has 6 rings (SSSR count). The first-order valence-electron chi connectivity index (χ1n) is 44.6. The van der Waals surface area contributed by atoms with Crippen LogP contribution in [0.4, 0.5) is 35.1 Å². The molecule has 12 atom stereocenters. The van der Waals surface area contributed by atoms with Crippen molar-refractivity contribution in [2.45, 2.75) is 380 Å². The Morgan fingerprint density at radius 3 is 0.953 bits per heavy atom. The normalized spacial score (nSPS) is 19.9. The Kier molecular flexibility index (Phi) is 50.1. The van der Waals surface area contributed by atoms with E-state index in [1.807, 2.05) is 69.2 Å². The van der Waals surface area contributed by atoms with Gasteiger partial charge in [-0.05, 0) is 179 Å². The van der Waals surface area contributed by atoms with Crippen LogP contribution in [0.25, 0.3) is 0 Å². The molecule has 4 amide bonds. The van der Waals surface area contributed by atoms with Gasteiger partial charge in [-0.1, -0.05) is 181 Å². The minimum atomic E-state index is -3.46. The molecule has 4 aliphatic heterocycles. The smallest absolute Gasteiger partial charge is 0.335 e. The maximum absolute atomic E-state index is 14.5. The molecular formula is C100H144F8N4O16. The average Bonchev–Trinajstić information content (AvgIpc) is 1.63. The van der Waals surface area contributed by atoms with Gasteiger partial charge in [0.2, 0.25) is 0 Å². The van der Waals surface area contributed by atoms with E-state index in [9.17, 15) is 93.9 Å². The number of halogens is 8. The predicted molar refractivity (Wildman–Crippen MR) is 484 cm³/mol. The van der Waals surface area contributed by atoms with Crippen molar-refractivity contribution in [2.24, 2.45) is 23.7 Å². The molecular weight excluding hydrogens is 1670 g/mol. The number of carboxylic acids is 4. The average molecular weight is 1810 g/mol. The second kappa shape index (κ2) is 55.0. The van der Waals surface area contributed by atoms with Crippen LogP contribution in [-0.2, 0) is 40.6 Å². The number of aliphatic hydroxyl groups excluding tert-OH is 4. The van der Waals surface area contributed by atoms with Crippen molar-refractivity contribution in [3.63, 3.8) is 0 Å². The Balaban J connectivity index is 0.000000844. The lowest BCUT2D eigenvalue weighted by Crippen LogP contribution is -2.51. The van der Waals surface area contributed by atoms with Gasteiger partial charge in [-0.2, -0.15) is 35.1 Å². The Morgan fingerprint density at radius 2 is 0.664 bits per heavy atom. The molecule has 20 nitrogen and oxygen atoms in total. The summed E-state index contributed by atoms with van der Waals surface area (Å²) in [6, 6.07) is 9.51. The number of hydrogen-bond acceptors (Lipinski definition) is 12. The zero-order valence-electron chi connectivity index (χ0n) is 78.8. The van der Waals surface area contributed by atoms with E-state index in [-0.39, 0.29) is 59.6 Å².